The van der Waals surface area contributed by atoms with E-state index in [0.717, 1.165) is 19.5 Å². The Kier molecular flexibility index (Phi) is 3.72. The third-order valence-corrected chi connectivity index (χ3v) is 5.68. The largest absolute Gasteiger partial charge is 0.354 e. The minimum atomic E-state index is 0.0393. The van der Waals surface area contributed by atoms with Gasteiger partial charge in [0.2, 0.25) is 5.91 Å². The molecule has 2 fully saturated rings. The lowest BCUT2D eigenvalue weighted by Gasteiger charge is -2.16. The van der Waals surface area contributed by atoms with Crippen LogP contribution in [-0.2, 0) is 4.79 Å². The molecule has 3 heteroatoms. The number of rotatable bonds is 3. The highest BCUT2D eigenvalue weighted by Crippen LogP contribution is 2.67. The third-order valence-electron chi connectivity index (χ3n) is 5.68. The van der Waals surface area contributed by atoms with Gasteiger partial charge in [-0.3, -0.25) is 4.79 Å². The summed E-state index contributed by atoms with van der Waals surface area (Å²) < 4.78 is 0. The van der Waals surface area contributed by atoms with Crippen LogP contribution in [0.3, 0.4) is 0 Å². The van der Waals surface area contributed by atoms with Crippen molar-refractivity contribution in [3.05, 3.63) is 0 Å². The molecule has 1 heterocycles. The number of carbonyl (C=O) groups excluding carboxylic acids is 1. The molecule has 1 saturated heterocycles. The predicted octanol–water partition coefficient (Wildman–Crippen LogP) is 2.32. The molecular weight excluding hydrogens is 224 g/mol. The molecule has 1 aliphatic heterocycles. The van der Waals surface area contributed by atoms with Crippen molar-refractivity contribution in [1.82, 2.24) is 10.6 Å². The van der Waals surface area contributed by atoms with Crippen molar-refractivity contribution in [3.8, 4) is 0 Å². The molecule has 104 valence electrons. The number of amides is 1. The SMILES string of the molecule is CC1(C)C(CNC(=O)C2CCCCCN2)C1(C)C. The molecule has 0 aromatic rings. The van der Waals surface area contributed by atoms with Gasteiger partial charge in [-0.1, -0.05) is 40.5 Å². The van der Waals surface area contributed by atoms with E-state index >= 15 is 0 Å². The van der Waals surface area contributed by atoms with Gasteiger partial charge in [-0.05, 0) is 36.1 Å². The highest BCUT2D eigenvalue weighted by atomic mass is 16.2. The molecule has 3 nitrogen and oxygen atoms in total. The number of nitrogens with one attached hydrogen (secondary N) is 2. The maximum atomic E-state index is 12.1. The van der Waals surface area contributed by atoms with Crippen LogP contribution >= 0.6 is 0 Å². The Morgan fingerprint density at radius 2 is 1.83 bits per heavy atom. The van der Waals surface area contributed by atoms with E-state index in [0.29, 0.717) is 16.7 Å². The minimum Gasteiger partial charge on any atom is -0.354 e. The molecule has 1 aliphatic carbocycles. The third kappa shape index (κ3) is 2.42. The summed E-state index contributed by atoms with van der Waals surface area (Å²) in [5, 5.41) is 6.51. The smallest absolute Gasteiger partial charge is 0.237 e. The van der Waals surface area contributed by atoms with Crippen molar-refractivity contribution >= 4 is 5.91 Å². The Morgan fingerprint density at radius 1 is 1.17 bits per heavy atom. The van der Waals surface area contributed by atoms with Crippen LogP contribution in [0.1, 0.15) is 53.4 Å². The van der Waals surface area contributed by atoms with E-state index in [1.807, 2.05) is 0 Å². The normalized spacial score (nSPS) is 30.6. The fourth-order valence-electron chi connectivity index (χ4n) is 3.42. The first-order chi connectivity index (χ1) is 8.37. The molecule has 18 heavy (non-hydrogen) atoms. The highest BCUT2D eigenvalue weighted by Gasteiger charge is 2.64. The van der Waals surface area contributed by atoms with Crippen molar-refractivity contribution in [1.29, 1.82) is 0 Å². The Hall–Kier alpha value is -0.570. The van der Waals surface area contributed by atoms with Crippen LogP contribution in [0.25, 0.3) is 0 Å². The molecule has 0 aromatic carbocycles. The van der Waals surface area contributed by atoms with E-state index in [4.69, 9.17) is 0 Å². The molecule has 1 saturated carbocycles. The summed E-state index contributed by atoms with van der Waals surface area (Å²) in [5.41, 5.74) is 0.717. The van der Waals surface area contributed by atoms with Crippen LogP contribution in [0.2, 0.25) is 0 Å². The molecule has 1 amide bonds. The molecular formula is C15H28N2O. The van der Waals surface area contributed by atoms with Crippen molar-refractivity contribution in [2.75, 3.05) is 13.1 Å². The molecule has 0 bridgehead atoms. The van der Waals surface area contributed by atoms with E-state index in [2.05, 4.69) is 38.3 Å². The van der Waals surface area contributed by atoms with Crippen molar-refractivity contribution < 1.29 is 4.79 Å². The van der Waals surface area contributed by atoms with Gasteiger partial charge in [-0.15, -0.1) is 0 Å². The van der Waals surface area contributed by atoms with Crippen LogP contribution < -0.4 is 10.6 Å². The molecule has 0 aromatic heterocycles. The standard InChI is InChI=1S/C15H28N2O/c1-14(2)12(15(14,3)4)10-17-13(18)11-8-6-5-7-9-16-11/h11-12,16H,5-10H2,1-4H3,(H,17,18). The number of hydrogen-bond acceptors (Lipinski definition) is 2. The van der Waals surface area contributed by atoms with Gasteiger partial charge in [0.25, 0.3) is 0 Å². The molecule has 0 radical (unpaired) electrons. The Balaban J connectivity index is 1.79. The van der Waals surface area contributed by atoms with Crippen molar-refractivity contribution in [2.24, 2.45) is 16.7 Å². The average Bonchev–Trinajstić information content (AvgIpc) is 2.83. The maximum Gasteiger partial charge on any atom is 0.237 e. The average molecular weight is 252 g/mol. The lowest BCUT2D eigenvalue weighted by molar-refractivity contribution is -0.123. The number of hydrogen-bond donors (Lipinski definition) is 2. The van der Waals surface area contributed by atoms with Crippen LogP contribution in [0.4, 0.5) is 0 Å². The highest BCUT2D eigenvalue weighted by molar-refractivity contribution is 5.81. The lowest BCUT2D eigenvalue weighted by atomic mass is 10.0. The summed E-state index contributed by atoms with van der Waals surface area (Å²) in [5.74, 6) is 0.815. The molecule has 1 atom stereocenters. The van der Waals surface area contributed by atoms with Gasteiger partial charge in [-0.2, -0.15) is 0 Å². The fourth-order valence-corrected chi connectivity index (χ4v) is 3.42. The fraction of sp³-hybridized carbons (Fsp3) is 0.933. The molecule has 0 spiro atoms. The first-order valence-corrected chi connectivity index (χ1v) is 7.38. The second kappa shape index (κ2) is 4.84. The second-order valence-corrected chi connectivity index (χ2v) is 7.10. The maximum absolute atomic E-state index is 12.1. The van der Waals surface area contributed by atoms with Gasteiger partial charge in [-0.25, -0.2) is 0 Å². The van der Waals surface area contributed by atoms with Crippen LogP contribution in [0.15, 0.2) is 0 Å². The summed E-state index contributed by atoms with van der Waals surface area (Å²) in [7, 11) is 0. The van der Waals surface area contributed by atoms with Gasteiger partial charge >= 0.3 is 0 Å². The van der Waals surface area contributed by atoms with E-state index in [9.17, 15) is 4.79 Å². The molecule has 2 N–H and O–H groups in total. The van der Waals surface area contributed by atoms with Gasteiger partial charge in [0, 0.05) is 6.54 Å². The monoisotopic (exact) mass is 252 g/mol. The zero-order valence-corrected chi connectivity index (χ0v) is 12.3. The second-order valence-electron chi connectivity index (χ2n) is 7.10. The Morgan fingerprint density at radius 3 is 2.44 bits per heavy atom. The zero-order valence-electron chi connectivity index (χ0n) is 12.3. The summed E-state index contributed by atoms with van der Waals surface area (Å²) >= 11 is 0. The van der Waals surface area contributed by atoms with Crippen LogP contribution in [-0.4, -0.2) is 25.0 Å². The first kappa shape index (κ1) is 13.9. The van der Waals surface area contributed by atoms with Crippen LogP contribution in [0.5, 0.6) is 0 Å². The van der Waals surface area contributed by atoms with E-state index < -0.39 is 0 Å². The Bertz CT molecular complexity index is 300. The Labute approximate surface area is 111 Å². The lowest BCUT2D eigenvalue weighted by Crippen LogP contribution is -2.44. The van der Waals surface area contributed by atoms with E-state index in [1.54, 1.807) is 0 Å². The van der Waals surface area contributed by atoms with Gasteiger partial charge in [0.1, 0.15) is 0 Å². The molecule has 1 unspecified atom stereocenters. The quantitative estimate of drug-likeness (QED) is 0.809. The van der Waals surface area contributed by atoms with Gasteiger partial charge in [0.15, 0.2) is 0 Å². The number of carbonyl (C=O) groups is 1. The minimum absolute atomic E-state index is 0.0393. The zero-order chi connectivity index (χ0) is 13.4. The van der Waals surface area contributed by atoms with Gasteiger partial charge < -0.3 is 10.6 Å². The molecule has 2 rings (SSSR count). The topological polar surface area (TPSA) is 41.1 Å². The van der Waals surface area contributed by atoms with Crippen LogP contribution in [0, 0.1) is 16.7 Å². The summed E-state index contributed by atoms with van der Waals surface area (Å²) in [6, 6.07) is 0.0393. The van der Waals surface area contributed by atoms with E-state index in [-0.39, 0.29) is 11.9 Å². The summed E-state index contributed by atoms with van der Waals surface area (Å²) in [6.45, 7) is 11.0. The summed E-state index contributed by atoms with van der Waals surface area (Å²) in [6.07, 6.45) is 4.61. The molecule has 2 aliphatic rings. The first-order valence-electron chi connectivity index (χ1n) is 7.38. The summed E-state index contributed by atoms with van der Waals surface area (Å²) in [4.78, 5) is 12.1. The van der Waals surface area contributed by atoms with Crippen molar-refractivity contribution in [2.45, 2.75) is 59.4 Å². The predicted molar refractivity (Wildman–Crippen MR) is 74.3 cm³/mol. The van der Waals surface area contributed by atoms with Crippen molar-refractivity contribution in [3.63, 3.8) is 0 Å². The van der Waals surface area contributed by atoms with E-state index in [1.165, 1.54) is 19.3 Å². The van der Waals surface area contributed by atoms with Gasteiger partial charge in [0.05, 0.1) is 6.04 Å².